The van der Waals surface area contributed by atoms with Gasteiger partial charge in [-0.2, -0.15) is 8.78 Å². The van der Waals surface area contributed by atoms with E-state index in [9.17, 15) is 13.6 Å². The summed E-state index contributed by atoms with van der Waals surface area (Å²) < 4.78 is 34.6. The number of carbonyl (C=O) groups is 1. The number of allylic oxidation sites excluding steroid dienone is 1. The molecule has 3 nitrogen and oxygen atoms in total. The summed E-state index contributed by atoms with van der Waals surface area (Å²) in [5.74, 6) is 3.65. The SMILES string of the molecule is C=CC1CCC(C2CCC3C(CCCC3C(=O)Oc3ccc(OC(F)F)cc3)C2)CC1. The van der Waals surface area contributed by atoms with Gasteiger partial charge in [-0.3, -0.25) is 4.79 Å². The molecule has 1 aromatic carbocycles. The van der Waals surface area contributed by atoms with E-state index in [0.29, 0.717) is 23.5 Å². The van der Waals surface area contributed by atoms with Gasteiger partial charge in [-0.25, -0.2) is 0 Å². The van der Waals surface area contributed by atoms with E-state index >= 15 is 0 Å². The third-order valence-electron chi connectivity index (χ3n) is 8.08. The molecule has 4 rings (SSSR count). The van der Waals surface area contributed by atoms with Gasteiger partial charge in [0.05, 0.1) is 5.92 Å². The summed E-state index contributed by atoms with van der Waals surface area (Å²) in [4.78, 5) is 13.0. The summed E-state index contributed by atoms with van der Waals surface area (Å²) >= 11 is 0. The third-order valence-corrected chi connectivity index (χ3v) is 8.08. The minimum Gasteiger partial charge on any atom is -0.435 e. The lowest BCUT2D eigenvalue weighted by Crippen LogP contribution is -2.40. The number of rotatable bonds is 6. The van der Waals surface area contributed by atoms with Crippen LogP contribution >= 0.6 is 0 Å². The summed E-state index contributed by atoms with van der Waals surface area (Å²) in [5.41, 5.74) is 0. The van der Waals surface area contributed by atoms with E-state index in [0.717, 1.165) is 31.1 Å². The molecular formula is C26H34F2O3. The molecule has 5 heteroatoms. The highest BCUT2D eigenvalue weighted by molar-refractivity contribution is 5.75. The Labute approximate surface area is 184 Å². The second-order valence-electron chi connectivity index (χ2n) is 9.72. The van der Waals surface area contributed by atoms with Gasteiger partial charge in [0.15, 0.2) is 0 Å². The highest BCUT2D eigenvalue weighted by Gasteiger charge is 2.43. The Balaban J connectivity index is 1.32. The van der Waals surface area contributed by atoms with Crippen LogP contribution < -0.4 is 9.47 Å². The Bertz CT molecular complexity index is 740. The first kappa shape index (κ1) is 22.3. The highest BCUT2D eigenvalue weighted by Crippen LogP contribution is 2.50. The Morgan fingerprint density at radius 2 is 1.58 bits per heavy atom. The molecule has 0 aliphatic heterocycles. The van der Waals surface area contributed by atoms with Gasteiger partial charge in [0.1, 0.15) is 11.5 Å². The van der Waals surface area contributed by atoms with Crippen molar-refractivity contribution in [3.05, 3.63) is 36.9 Å². The zero-order chi connectivity index (χ0) is 21.8. The molecular weight excluding hydrogens is 398 g/mol. The number of benzene rings is 1. The van der Waals surface area contributed by atoms with Crippen molar-refractivity contribution in [1.29, 1.82) is 0 Å². The number of halogens is 2. The van der Waals surface area contributed by atoms with Gasteiger partial charge in [0.25, 0.3) is 0 Å². The summed E-state index contributed by atoms with van der Waals surface area (Å²) in [7, 11) is 0. The largest absolute Gasteiger partial charge is 0.435 e. The van der Waals surface area contributed by atoms with Crippen molar-refractivity contribution in [2.45, 2.75) is 70.8 Å². The maximum Gasteiger partial charge on any atom is 0.387 e. The predicted molar refractivity (Wildman–Crippen MR) is 116 cm³/mol. The summed E-state index contributed by atoms with van der Waals surface area (Å²) in [6.45, 7) is 1.10. The number of carbonyl (C=O) groups excluding carboxylic acids is 1. The predicted octanol–water partition coefficient (Wildman–Crippen LogP) is 7.02. The van der Waals surface area contributed by atoms with Crippen LogP contribution in [0.25, 0.3) is 0 Å². The molecule has 0 amide bonds. The summed E-state index contributed by atoms with van der Waals surface area (Å²) in [5, 5.41) is 0. The number of esters is 1. The van der Waals surface area contributed by atoms with Crippen LogP contribution in [0.5, 0.6) is 11.5 Å². The van der Waals surface area contributed by atoms with E-state index in [4.69, 9.17) is 4.74 Å². The second-order valence-corrected chi connectivity index (χ2v) is 9.72. The molecule has 3 aliphatic rings. The zero-order valence-electron chi connectivity index (χ0n) is 18.2. The number of ether oxygens (including phenoxy) is 2. The Hall–Kier alpha value is -1.91. The van der Waals surface area contributed by atoms with Crippen LogP contribution in [-0.2, 0) is 4.79 Å². The molecule has 3 aliphatic carbocycles. The lowest BCUT2D eigenvalue weighted by atomic mass is 9.59. The van der Waals surface area contributed by atoms with Crippen LogP contribution in [0, 0.1) is 35.5 Å². The molecule has 1 aromatic rings. The van der Waals surface area contributed by atoms with E-state index in [1.54, 1.807) is 0 Å². The zero-order valence-corrected chi connectivity index (χ0v) is 18.2. The highest BCUT2D eigenvalue weighted by atomic mass is 19.3. The van der Waals surface area contributed by atoms with Crippen molar-refractivity contribution in [3.8, 4) is 11.5 Å². The molecule has 4 atom stereocenters. The maximum atomic E-state index is 13.0. The molecule has 170 valence electrons. The first-order valence-corrected chi connectivity index (χ1v) is 11.9. The second kappa shape index (κ2) is 10.1. The summed E-state index contributed by atoms with van der Waals surface area (Å²) in [6.07, 6.45) is 14.2. The van der Waals surface area contributed by atoms with Gasteiger partial charge in [-0.1, -0.05) is 18.9 Å². The van der Waals surface area contributed by atoms with Crippen LogP contribution in [0.4, 0.5) is 8.78 Å². The fourth-order valence-corrected chi connectivity index (χ4v) is 6.45. The molecule has 4 unspecified atom stereocenters. The van der Waals surface area contributed by atoms with Crippen molar-refractivity contribution in [3.63, 3.8) is 0 Å². The molecule has 0 heterocycles. The Morgan fingerprint density at radius 3 is 2.26 bits per heavy atom. The smallest absolute Gasteiger partial charge is 0.387 e. The standard InChI is InChI=1S/C26H34F2O3/c1-2-17-6-8-18(9-7-17)19-10-15-23-20(16-19)4-3-5-24(23)25(29)30-21-11-13-22(14-12-21)31-26(27)28/h2,11-14,17-20,23-24,26H,1,3-10,15-16H2. The molecule has 3 saturated carbocycles. The van der Waals surface area contributed by atoms with E-state index < -0.39 is 6.61 Å². The van der Waals surface area contributed by atoms with Gasteiger partial charge >= 0.3 is 12.6 Å². The van der Waals surface area contributed by atoms with Crippen molar-refractivity contribution in [2.75, 3.05) is 0 Å². The van der Waals surface area contributed by atoms with E-state index in [1.165, 1.54) is 69.2 Å². The van der Waals surface area contributed by atoms with Gasteiger partial charge in [0.2, 0.25) is 0 Å². The normalized spacial score (nSPS) is 33.4. The van der Waals surface area contributed by atoms with Gasteiger partial charge in [-0.05, 0) is 105 Å². The number of hydrogen-bond acceptors (Lipinski definition) is 3. The first-order chi connectivity index (χ1) is 15.0. The molecule has 0 spiro atoms. The molecule has 0 N–H and O–H groups in total. The molecule has 0 saturated heterocycles. The van der Waals surface area contributed by atoms with Crippen LogP contribution in [0.15, 0.2) is 36.9 Å². The van der Waals surface area contributed by atoms with E-state index in [1.807, 2.05) is 0 Å². The molecule has 0 bridgehead atoms. The van der Waals surface area contributed by atoms with Crippen molar-refractivity contribution >= 4 is 5.97 Å². The molecule has 0 aromatic heterocycles. The minimum atomic E-state index is -2.86. The number of fused-ring (bicyclic) bond motifs is 1. The average molecular weight is 433 g/mol. The van der Waals surface area contributed by atoms with Crippen LogP contribution in [0.1, 0.15) is 64.2 Å². The monoisotopic (exact) mass is 432 g/mol. The lowest BCUT2D eigenvalue weighted by Gasteiger charge is -2.45. The van der Waals surface area contributed by atoms with Crippen LogP contribution in [-0.4, -0.2) is 12.6 Å². The molecule has 31 heavy (non-hydrogen) atoms. The maximum absolute atomic E-state index is 13.0. The van der Waals surface area contributed by atoms with E-state index in [2.05, 4.69) is 17.4 Å². The average Bonchev–Trinajstić information content (AvgIpc) is 2.79. The Kier molecular flexibility index (Phi) is 7.29. The lowest BCUT2D eigenvalue weighted by molar-refractivity contribution is -0.144. The number of alkyl halides is 2. The van der Waals surface area contributed by atoms with Gasteiger partial charge < -0.3 is 9.47 Å². The van der Waals surface area contributed by atoms with Crippen molar-refractivity contribution in [2.24, 2.45) is 35.5 Å². The van der Waals surface area contributed by atoms with Gasteiger partial charge in [0, 0.05) is 0 Å². The van der Waals surface area contributed by atoms with Crippen molar-refractivity contribution < 1.29 is 23.0 Å². The fraction of sp³-hybridized carbons (Fsp3) is 0.654. The molecule has 3 fully saturated rings. The van der Waals surface area contributed by atoms with Crippen LogP contribution in [0.3, 0.4) is 0 Å². The van der Waals surface area contributed by atoms with Gasteiger partial charge in [-0.15, -0.1) is 6.58 Å². The third kappa shape index (κ3) is 5.48. The first-order valence-electron chi connectivity index (χ1n) is 11.9. The van der Waals surface area contributed by atoms with Crippen molar-refractivity contribution in [1.82, 2.24) is 0 Å². The topological polar surface area (TPSA) is 35.5 Å². The summed E-state index contributed by atoms with van der Waals surface area (Å²) in [6, 6.07) is 5.86. The number of hydrogen-bond donors (Lipinski definition) is 0. The fourth-order valence-electron chi connectivity index (χ4n) is 6.45. The minimum absolute atomic E-state index is 0.0480. The quantitative estimate of drug-likeness (QED) is 0.275. The van der Waals surface area contributed by atoms with E-state index in [-0.39, 0.29) is 17.6 Å². The van der Waals surface area contributed by atoms with Crippen LogP contribution in [0.2, 0.25) is 0 Å². The Morgan fingerprint density at radius 1 is 0.903 bits per heavy atom. The molecule has 0 radical (unpaired) electrons.